The van der Waals surface area contributed by atoms with Crippen molar-refractivity contribution in [1.29, 1.82) is 0 Å². The van der Waals surface area contributed by atoms with Gasteiger partial charge in [0.1, 0.15) is 22.9 Å². The van der Waals surface area contributed by atoms with Crippen molar-refractivity contribution < 1.29 is 23.1 Å². The molecule has 1 fully saturated rings. The normalized spacial score (nSPS) is 19.3. The molecule has 1 saturated heterocycles. The van der Waals surface area contributed by atoms with Gasteiger partial charge in [0.2, 0.25) is 0 Å². The Balaban J connectivity index is 1.63. The summed E-state index contributed by atoms with van der Waals surface area (Å²) in [6.07, 6.45) is 0.378. The molecule has 1 unspecified atom stereocenters. The van der Waals surface area contributed by atoms with Crippen molar-refractivity contribution in [3.63, 3.8) is 0 Å². The molecule has 1 aliphatic heterocycles. The molecular weight excluding hydrogens is 378 g/mol. The van der Waals surface area contributed by atoms with Crippen LogP contribution in [-0.2, 0) is 10.3 Å². The Labute approximate surface area is 159 Å². The summed E-state index contributed by atoms with van der Waals surface area (Å²) in [7, 11) is 0. The molecule has 1 heterocycles. The number of rotatable bonds is 6. The van der Waals surface area contributed by atoms with Gasteiger partial charge in [-0.05, 0) is 55.8 Å². The van der Waals surface area contributed by atoms with Gasteiger partial charge in [-0.15, -0.1) is 0 Å². The Morgan fingerprint density at radius 1 is 1.15 bits per heavy atom. The molecule has 5 nitrogen and oxygen atoms in total. The van der Waals surface area contributed by atoms with Gasteiger partial charge in [-0.1, -0.05) is 11.6 Å². The first-order valence-electron chi connectivity index (χ1n) is 8.29. The van der Waals surface area contributed by atoms with Crippen molar-refractivity contribution in [1.82, 2.24) is 10.2 Å². The third-order valence-corrected chi connectivity index (χ3v) is 4.60. The minimum Gasteiger partial charge on any atom is -0.494 e. The second kappa shape index (κ2) is 7.52. The van der Waals surface area contributed by atoms with Gasteiger partial charge in [0.05, 0.1) is 6.61 Å². The zero-order valence-electron chi connectivity index (χ0n) is 14.5. The van der Waals surface area contributed by atoms with Crippen LogP contribution in [0.3, 0.4) is 0 Å². The fraction of sp³-hybridized carbons (Fsp3) is 0.263. The summed E-state index contributed by atoms with van der Waals surface area (Å²) in [6, 6.07) is 8.94. The molecule has 27 heavy (non-hydrogen) atoms. The topological polar surface area (TPSA) is 58.6 Å². The van der Waals surface area contributed by atoms with Crippen LogP contribution in [-0.4, -0.2) is 30.0 Å². The van der Waals surface area contributed by atoms with Crippen molar-refractivity contribution in [3.05, 3.63) is 64.7 Å². The second-order valence-corrected chi connectivity index (χ2v) is 6.73. The number of benzene rings is 2. The molecule has 0 spiro atoms. The Hall–Kier alpha value is -2.67. The largest absolute Gasteiger partial charge is 0.494 e. The van der Waals surface area contributed by atoms with E-state index in [1.807, 2.05) is 0 Å². The van der Waals surface area contributed by atoms with Gasteiger partial charge in [0.15, 0.2) is 0 Å². The average Bonchev–Trinajstić information content (AvgIpc) is 2.85. The van der Waals surface area contributed by atoms with Crippen molar-refractivity contribution >= 4 is 23.5 Å². The van der Waals surface area contributed by atoms with Crippen molar-refractivity contribution in [3.8, 4) is 5.75 Å². The molecular formula is C19H17ClF2N2O3. The monoisotopic (exact) mass is 394 g/mol. The number of carbonyl (C=O) groups excluding carboxylic acids is 2. The van der Waals surface area contributed by atoms with E-state index in [0.29, 0.717) is 17.2 Å². The zero-order chi connectivity index (χ0) is 19.6. The van der Waals surface area contributed by atoms with Crippen LogP contribution < -0.4 is 10.1 Å². The van der Waals surface area contributed by atoms with Gasteiger partial charge in [0.25, 0.3) is 5.91 Å². The number of amides is 3. The van der Waals surface area contributed by atoms with Crippen LogP contribution in [0, 0.1) is 11.6 Å². The maximum absolute atomic E-state index is 14.1. The minimum atomic E-state index is -1.65. The quantitative estimate of drug-likeness (QED) is 0.598. The van der Waals surface area contributed by atoms with E-state index in [1.165, 1.54) is 6.92 Å². The Morgan fingerprint density at radius 3 is 2.56 bits per heavy atom. The van der Waals surface area contributed by atoms with Gasteiger partial charge in [-0.25, -0.2) is 13.6 Å². The number of hydrogen-bond acceptors (Lipinski definition) is 3. The molecule has 0 aromatic heterocycles. The summed E-state index contributed by atoms with van der Waals surface area (Å²) in [5, 5.41) is 3.04. The van der Waals surface area contributed by atoms with E-state index in [4.69, 9.17) is 16.3 Å². The molecule has 0 bridgehead atoms. The second-order valence-electron chi connectivity index (χ2n) is 6.29. The molecule has 0 radical (unpaired) electrons. The molecule has 142 valence electrons. The minimum absolute atomic E-state index is 0.0881. The van der Waals surface area contributed by atoms with E-state index in [0.717, 1.165) is 23.1 Å². The van der Waals surface area contributed by atoms with Gasteiger partial charge < -0.3 is 10.1 Å². The molecule has 3 amide bonds. The molecule has 0 saturated carbocycles. The van der Waals surface area contributed by atoms with Crippen molar-refractivity contribution in [2.24, 2.45) is 0 Å². The lowest BCUT2D eigenvalue weighted by molar-refractivity contribution is -0.131. The highest BCUT2D eigenvalue weighted by atomic mass is 35.5. The number of imide groups is 1. The van der Waals surface area contributed by atoms with Gasteiger partial charge in [-0.3, -0.25) is 9.69 Å². The van der Waals surface area contributed by atoms with E-state index < -0.39 is 29.1 Å². The van der Waals surface area contributed by atoms with Crippen LogP contribution in [0.1, 0.15) is 18.9 Å². The van der Waals surface area contributed by atoms with Crippen LogP contribution >= 0.6 is 11.6 Å². The Morgan fingerprint density at radius 2 is 1.85 bits per heavy atom. The lowest BCUT2D eigenvalue weighted by Crippen LogP contribution is -2.42. The first-order chi connectivity index (χ1) is 12.8. The Kier molecular flexibility index (Phi) is 5.32. The predicted molar refractivity (Wildman–Crippen MR) is 95.5 cm³/mol. The van der Waals surface area contributed by atoms with E-state index in [9.17, 15) is 18.4 Å². The van der Waals surface area contributed by atoms with E-state index in [-0.39, 0.29) is 18.7 Å². The first-order valence-corrected chi connectivity index (χ1v) is 8.67. The number of nitrogens with one attached hydrogen (secondary N) is 1. The SMILES string of the molecule is CC1(c2cc(F)ccc2F)NC(=O)N(CCCOc2ccc(Cl)cc2)C1=O. The van der Waals surface area contributed by atoms with Crippen molar-refractivity contribution in [2.75, 3.05) is 13.2 Å². The van der Waals surface area contributed by atoms with E-state index in [1.54, 1.807) is 24.3 Å². The van der Waals surface area contributed by atoms with Gasteiger partial charge in [0, 0.05) is 17.1 Å². The first kappa shape index (κ1) is 19.1. The lowest BCUT2D eigenvalue weighted by atomic mass is 9.91. The highest BCUT2D eigenvalue weighted by molar-refractivity contribution is 6.30. The van der Waals surface area contributed by atoms with E-state index in [2.05, 4.69) is 5.32 Å². The maximum atomic E-state index is 14.1. The number of hydrogen-bond donors (Lipinski definition) is 1. The summed E-state index contributed by atoms with van der Waals surface area (Å²) in [5.74, 6) is -1.48. The molecule has 2 aromatic carbocycles. The molecule has 1 N–H and O–H groups in total. The number of nitrogens with zero attached hydrogens (tertiary/aromatic N) is 1. The van der Waals surface area contributed by atoms with Crippen LogP contribution in [0.5, 0.6) is 5.75 Å². The molecule has 3 rings (SSSR count). The van der Waals surface area contributed by atoms with Crippen molar-refractivity contribution in [2.45, 2.75) is 18.9 Å². The van der Waals surface area contributed by atoms with Crippen LogP contribution in [0.2, 0.25) is 5.02 Å². The highest BCUT2D eigenvalue weighted by Gasteiger charge is 2.50. The highest BCUT2D eigenvalue weighted by Crippen LogP contribution is 2.31. The number of urea groups is 1. The summed E-state index contributed by atoms with van der Waals surface area (Å²) in [6.45, 7) is 1.71. The molecule has 1 atom stereocenters. The summed E-state index contributed by atoms with van der Waals surface area (Å²) < 4.78 is 33.1. The molecule has 1 aliphatic rings. The summed E-state index contributed by atoms with van der Waals surface area (Å²) in [5.41, 5.74) is -1.86. The third kappa shape index (κ3) is 3.88. The lowest BCUT2D eigenvalue weighted by Gasteiger charge is -2.22. The molecule has 2 aromatic rings. The smallest absolute Gasteiger partial charge is 0.325 e. The van der Waals surface area contributed by atoms with Crippen LogP contribution in [0.15, 0.2) is 42.5 Å². The number of ether oxygens (including phenoxy) is 1. The van der Waals surface area contributed by atoms with Gasteiger partial charge in [-0.2, -0.15) is 0 Å². The summed E-state index contributed by atoms with van der Waals surface area (Å²) in [4.78, 5) is 25.9. The standard InChI is InChI=1S/C19H17ClF2N2O3/c1-19(15-11-13(21)5-8-16(15)22)17(25)24(18(26)23-19)9-2-10-27-14-6-3-12(20)4-7-14/h3-8,11H,2,9-10H2,1H3,(H,23,26). The zero-order valence-corrected chi connectivity index (χ0v) is 15.2. The predicted octanol–water partition coefficient (Wildman–Crippen LogP) is 3.85. The fourth-order valence-electron chi connectivity index (χ4n) is 2.91. The van der Waals surface area contributed by atoms with E-state index >= 15 is 0 Å². The maximum Gasteiger partial charge on any atom is 0.325 e. The Bertz CT molecular complexity index is 876. The number of carbonyl (C=O) groups is 2. The van der Waals surface area contributed by atoms with Crippen LogP contribution in [0.4, 0.5) is 13.6 Å². The average molecular weight is 395 g/mol. The fourth-order valence-corrected chi connectivity index (χ4v) is 3.03. The van der Waals surface area contributed by atoms with Crippen LogP contribution in [0.25, 0.3) is 0 Å². The number of halogens is 3. The third-order valence-electron chi connectivity index (χ3n) is 4.35. The molecule has 0 aliphatic carbocycles. The molecule has 8 heteroatoms. The van der Waals surface area contributed by atoms with Gasteiger partial charge >= 0.3 is 6.03 Å². The summed E-state index contributed by atoms with van der Waals surface area (Å²) >= 11 is 5.79.